The Morgan fingerprint density at radius 3 is 3.04 bits per heavy atom. The van der Waals surface area contributed by atoms with Gasteiger partial charge in [0, 0.05) is 18.8 Å². The molecule has 4 aromatic rings. The molecule has 7 heteroatoms. The highest BCUT2D eigenvalue weighted by Crippen LogP contribution is 2.37. The Hall–Kier alpha value is -2.80. The summed E-state index contributed by atoms with van der Waals surface area (Å²) in [6, 6.07) is 10.00. The van der Waals surface area contributed by atoms with E-state index in [1.54, 1.807) is 28.2 Å². The fraction of sp³-hybridized carbons (Fsp3) is 0.263. The summed E-state index contributed by atoms with van der Waals surface area (Å²) in [7, 11) is 0. The van der Waals surface area contributed by atoms with Crippen LogP contribution in [0.1, 0.15) is 39.9 Å². The lowest BCUT2D eigenvalue weighted by Crippen LogP contribution is -2.31. The minimum Gasteiger partial charge on any atom is -0.329 e. The zero-order valence-corrected chi connectivity index (χ0v) is 15.1. The van der Waals surface area contributed by atoms with E-state index in [1.807, 2.05) is 36.1 Å². The number of thiazole rings is 1. The molecular formula is C19H17N5OS. The lowest BCUT2D eigenvalue weighted by molar-refractivity contribution is 0.0733. The van der Waals surface area contributed by atoms with Gasteiger partial charge in [-0.25, -0.2) is 14.5 Å². The highest BCUT2D eigenvalue weighted by molar-refractivity contribution is 7.18. The third kappa shape index (κ3) is 2.31. The van der Waals surface area contributed by atoms with Crippen LogP contribution < -0.4 is 0 Å². The normalized spacial score (nSPS) is 17.4. The number of carbonyl (C=O) groups is 1. The van der Waals surface area contributed by atoms with Gasteiger partial charge in [-0.1, -0.05) is 12.1 Å². The predicted molar refractivity (Wildman–Crippen MR) is 100 cm³/mol. The first-order valence-corrected chi connectivity index (χ1v) is 9.50. The molecule has 0 N–H and O–H groups in total. The van der Waals surface area contributed by atoms with Crippen LogP contribution in [0.25, 0.3) is 15.9 Å². The summed E-state index contributed by atoms with van der Waals surface area (Å²) in [6.07, 6.45) is 5.30. The van der Waals surface area contributed by atoms with Crippen LogP contribution in [0.2, 0.25) is 0 Å². The molecule has 1 atom stereocenters. The van der Waals surface area contributed by atoms with Gasteiger partial charge < -0.3 is 4.90 Å². The molecule has 0 spiro atoms. The summed E-state index contributed by atoms with van der Waals surface area (Å²) in [4.78, 5) is 24.3. The second kappa shape index (κ2) is 5.88. The number of nitrogens with zero attached hydrogens (tertiary/aromatic N) is 5. The Morgan fingerprint density at radius 2 is 2.15 bits per heavy atom. The van der Waals surface area contributed by atoms with Gasteiger partial charge in [-0.05, 0) is 31.9 Å². The van der Waals surface area contributed by atoms with Gasteiger partial charge in [-0.2, -0.15) is 5.10 Å². The van der Waals surface area contributed by atoms with Crippen molar-refractivity contribution in [2.45, 2.75) is 25.8 Å². The van der Waals surface area contributed by atoms with Gasteiger partial charge in [0.25, 0.3) is 5.91 Å². The number of amides is 1. The van der Waals surface area contributed by atoms with E-state index in [1.165, 1.54) is 0 Å². The Bertz CT molecular complexity index is 1100. The number of likely N-dealkylation sites (tertiary alicyclic amines) is 1. The van der Waals surface area contributed by atoms with Crippen molar-refractivity contribution in [1.82, 2.24) is 24.5 Å². The summed E-state index contributed by atoms with van der Waals surface area (Å²) >= 11 is 1.68. The van der Waals surface area contributed by atoms with E-state index >= 15 is 0 Å². The third-order valence-electron chi connectivity index (χ3n) is 5.00. The molecule has 1 fully saturated rings. The number of aryl methyl sites for hydroxylation is 1. The zero-order chi connectivity index (χ0) is 17.7. The van der Waals surface area contributed by atoms with Crippen LogP contribution in [-0.4, -0.2) is 36.9 Å². The van der Waals surface area contributed by atoms with Crippen molar-refractivity contribution in [3.05, 3.63) is 59.0 Å². The molecule has 3 aromatic heterocycles. The average Bonchev–Trinajstić information content (AvgIpc) is 3.38. The molecule has 1 amide bonds. The van der Waals surface area contributed by atoms with Crippen molar-refractivity contribution in [3.63, 3.8) is 0 Å². The molecule has 26 heavy (non-hydrogen) atoms. The highest BCUT2D eigenvalue weighted by atomic mass is 32.1. The number of para-hydroxylation sites is 1. The van der Waals surface area contributed by atoms with Crippen molar-refractivity contribution >= 4 is 33.1 Å². The van der Waals surface area contributed by atoms with Gasteiger partial charge in [0.15, 0.2) is 5.65 Å². The Kier molecular flexibility index (Phi) is 3.49. The van der Waals surface area contributed by atoms with Gasteiger partial charge in [-0.15, -0.1) is 11.3 Å². The molecule has 0 aliphatic carbocycles. The van der Waals surface area contributed by atoms with Crippen molar-refractivity contribution in [2.24, 2.45) is 0 Å². The van der Waals surface area contributed by atoms with Crippen LogP contribution in [0, 0.1) is 6.92 Å². The molecule has 1 aromatic carbocycles. The van der Waals surface area contributed by atoms with Gasteiger partial charge >= 0.3 is 0 Å². The maximum atomic E-state index is 13.3. The molecule has 0 unspecified atom stereocenters. The molecule has 1 aliphatic heterocycles. The lowest BCUT2D eigenvalue weighted by atomic mass is 10.2. The van der Waals surface area contributed by atoms with E-state index in [-0.39, 0.29) is 11.9 Å². The standard InChI is InChI=1S/C19H17N5OS/c1-12-13(11-20-17-8-9-21-24(12)17)19(25)23-10-4-6-15(23)18-22-14-5-2-3-7-16(14)26-18/h2-3,5,7-9,11,15H,4,6,10H2,1H3/t15-/m1/s1. The van der Waals surface area contributed by atoms with Crippen molar-refractivity contribution in [1.29, 1.82) is 0 Å². The summed E-state index contributed by atoms with van der Waals surface area (Å²) < 4.78 is 2.88. The van der Waals surface area contributed by atoms with Crippen LogP contribution in [0.4, 0.5) is 0 Å². The summed E-state index contributed by atoms with van der Waals surface area (Å²) in [5.74, 6) is 0.00848. The van der Waals surface area contributed by atoms with Crippen molar-refractivity contribution in [3.8, 4) is 0 Å². The number of fused-ring (bicyclic) bond motifs is 2. The molecule has 5 rings (SSSR count). The SMILES string of the molecule is Cc1c(C(=O)N2CCC[C@@H]2c2nc3ccccc3s2)cnc2ccnn12. The van der Waals surface area contributed by atoms with E-state index in [0.717, 1.165) is 46.0 Å². The molecule has 0 bridgehead atoms. The number of rotatable bonds is 2. The third-order valence-corrected chi connectivity index (χ3v) is 6.13. The quantitative estimate of drug-likeness (QED) is 0.546. The minimum absolute atomic E-state index is 0.00848. The molecule has 1 saturated heterocycles. The summed E-state index contributed by atoms with van der Waals surface area (Å²) in [6.45, 7) is 2.66. The lowest BCUT2D eigenvalue weighted by Gasteiger charge is -2.23. The van der Waals surface area contributed by atoms with Gasteiger partial charge in [0.05, 0.1) is 33.7 Å². The van der Waals surface area contributed by atoms with Gasteiger partial charge in [0.2, 0.25) is 0 Å². The maximum absolute atomic E-state index is 13.3. The minimum atomic E-state index is 0.00848. The molecule has 6 nitrogen and oxygen atoms in total. The Morgan fingerprint density at radius 1 is 1.27 bits per heavy atom. The Labute approximate surface area is 154 Å². The number of carbonyl (C=O) groups excluding carboxylic acids is 1. The monoisotopic (exact) mass is 363 g/mol. The fourth-order valence-electron chi connectivity index (χ4n) is 3.65. The fourth-order valence-corrected chi connectivity index (χ4v) is 4.77. The van der Waals surface area contributed by atoms with E-state index in [9.17, 15) is 4.79 Å². The Balaban J connectivity index is 1.53. The van der Waals surface area contributed by atoms with E-state index < -0.39 is 0 Å². The van der Waals surface area contributed by atoms with Gasteiger partial charge in [-0.3, -0.25) is 4.79 Å². The molecule has 4 heterocycles. The first kappa shape index (κ1) is 15.5. The van der Waals surface area contributed by atoms with Crippen molar-refractivity contribution in [2.75, 3.05) is 6.54 Å². The predicted octanol–water partition coefficient (Wildman–Crippen LogP) is 3.62. The van der Waals surface area contributed by atoms with Crippen LogP contribution in [0.15, 0.2) is 42.7 Å². The van der Waals surface area contributed by atoms with E-state index in [4.69, 9.17) is 4.98 Å². The summed E-state index contributed by atoms with van der Waals surface area (Å²) in [5, 5.41) is 5.28. The molecule has 0 radical (unpaired) electrons. The first-order chi connectivity index (χ1) is 12.7. The zero-order valence-electron chi connectivity index (χ0n) is 14.3. The maximum Gasteiger partial charge on any atom is 0.257 e. The van der Waals surface area contributed by atoms with Crippen LogP contribution >= 0.6 is 11.3 Å². The number of hydrogen-bond donors (Lipinski definition) is 0. The van der Waals surface area contributed by atoms with E-state index in [0.29, 0.717) is 5.56 Å². The van der Waals surface area contributed by atoms with Crippen LogP contribution in [0.3, 0.4) is 0 Å². The second-order valence-corrected chi connectivity index (χ2v) is 7.60. The molecule has 1 aliphatic rings. The van der Waals surface area contributed by atoms with Gasteiger partial charge in [0.1, 0.15) is 5.01 Å². The average molecular weight is 363 g/mol. The smallest absolute Gasteiger partial charge is 0.257 e. The van der Waals surface area contributed by atoms with Crippen LogP contribution in [0.5, 0.6) is 0 Å². The highest BCUT2D eigenvalue weighted by Gasteiger charge is 2.33. The molecule has 0 saturated carbocycles. The molecule has 130 valence electrons. The largest absolute Gasteiger partial charge is 0.329 e. The number of aromatic nitrogens is 4. The summed E-state index contributed by atoms with van der Waals surface area (Å²) in [5.41, 5.74) is 3.18. The van der Waals surface area contributed by atoms with Crippen LogP contribution in [-0.2, 0) is 0 Å². The van der Waals surface area contributed by atoms with E-state index in [2.05, 4.69) is 16.1 Å². The number of benzene rings is 1. The topological polar surface area (TPSA) is 63.4 Å². The first-order valence-electron chi connectivity index (χ1n) is 8.68. The molecular weight excluding hydrogens is 346 g/mol. The second-order valence-electron chi connectivity index (χ2n) is 6.53. The van der Waals surface area contributed by atoms with Crippen molar-refractivity contribution < 1.29 is 4.79 Å². The number of hydrogen-bond acceptors (Lipinski definition) is 5.